The Kier molecular flexibility index (Phi) is 3.18. The zero-order chi connectivity index (χ0) is 9.14. The minimum atomic E-state index is 0.204. The monoisotopic (exact) mass is 246 g/mol. The highest BCUT2D eigenvalue weighted by Gasteiger charge is 2.03. The second kappa shape index (κ2) is 3.97. The van der Waals surface area contributed by atoms with Gasteiger partial charge in [-0.1, -0.05) is 22.5 Å². The fourth-order valence-corrected chi connectivity index (χ4v) is 1.37. The van der Waals surface area contributed by atoms with Gasteiger partial charge < -0.3 is 5.11 Å². The Hall–Kier alpha value is -0.470. The van der Waals surface area contributed by atoms with Crippen molar-refractivity contribution >= 4 is 33.1 Å². The predicted octanol–water partition coefficient (Wildman–Crippen LogP) is 3.41. The van der Waals surface area contributed by atoms with Gasteiger partial charge in [0.1, 0.15) is 5.75 Å². The molecule has 0 saturated heterocycles. The molecule has 64 valence electrons. The van der Waals surface area contributed by atoms with Crippen LogP contribution in [0.4, 0.5) is 0 Å². The molecule has 1 N–H and O–H groups in total. The second-order valence-corrected chi connectivity index (χ2v) is 3.58. The average Bonchev–Trinajstić information content (AvgIpc) is 2.03. The van der Waals surface area contributed by atoms with Gasteiger partial charge in [0.05, 0.1) is 0 Å². The van der Waals surface area contributed by atoms with Crippen LogP contribution in [0.5, 0.6) is 5.75 Å². The second-order valence-electron chi connectivity index (χ2n) is 2.40. The molecule has 12 heavy (non-hydrogen) atoms. The summed E-state index contributed by atoms with van der Waals surface area (Å²) in [4.78, 5) is 0. The van der Waals surface area contributed by atoms with Gasteiger partial charge in [0.2, 0.25) is 0 Å². The maximum absolute atomic E-state index is 9.44. The maximum Gasteiger partial charge on any atom is 0.124 e. The Morgan fingerprint density at radius 1 is 1.58 bits per heavy atom. The first kappa shape index (κ1) is 9.62. The minimum absolute atomic E-state index is 0.204. The van der Waals surface area contributed by atoms with Crippen molar-refractivity contribution in [1.29, 1.82) is 0 Å². The summed E-state index contributed by atoms with van der Waals surface area (Å²) in [5.74, 6) is 0.532. The molecule has 0 aliphatic rings. The Morgan fingerprint density at radius 2 is 2.25 bits per heavy atom. The highest BCUT2D eigenvalue weighted by Crippen LogP contribution is 2.27. The van der Waals surface area contributed by atoms with Gasteiger partial charge in [-0.2, -0.15) is 0 Å². The third-order valence-electron chi connectivity index (χ3n) is 1.50. The van der Waals surface area contributed by atoms with Gasteiger partial charge in [-0.05, 0) is 23.8 Å². The number of phenolic OH excluding ortho intramolecular Hbond substituents is 1. The van der Waals surface area contributed by atoms with E-state index < -0.39 is 0 Å². The quantitative estimate of drug-likeness (QED) is 0.794. The van der Waals surface area contributed by atoms with Gasteiger partial charge >= 0.3 is 0 Å². The summed E-state index contributed by atoms with van der Waals surface area (Å²) in [5.41, 5.74) is 1.43. The number of benzene rings is 1. The average molecular weight is 248 g/mol. The van der Waals surface area contributed by atoms with Crippen molar-refractivity contribution in [2.75, 3.05) is 5.88 Å². The molecule has 0 heterocycles. The van der Waals surface area contributed by atoms with Crippen LogP contribution in [0.1, 0.15) is 5.56 Å². The van der Waals surface area contributed by atoms with E-state index in [0.29, 0.717) is 11.4 Å². The Labute approximate surface area is 84.8 Å². The molecule has 1 aromatic rings. The van der Waals surface area contributed by atoms with Crippen LogP contribution in [0.3, 0.4) is 0 Å². The van der Waals surface area contributed by atoms with E-state index in [1.807, 2.05) is 6.07 Å². The number of phenols is 1. The van der Waals surface area contributed by atoms with Crippen molar-refractivity contribution in [2.45, 2.75) is 0 Å². The van der Waals surface area contributed by atoms with E-state index in [2.05, 4.69) is 22.5 Å². The van der Waals surface area contributed by atoms with Crippen molar-refractivity contribution in [3.63, 3.8) is 0 Å². The molecule has 1 rings (SSSR count). The maximum atomic E-state index is 9.44. The summed E-state index contributed by atoms with van der Waals surface area (Å²) < 4.78 is 0.839. The van der Waals surface area contributed by atoms with E-state index >= 15 is 0 Å². The summed E-state index contributed by atoms with van der Waals surface area (Å²) in [6, 6.07) is 5.24. The molecule has 0 spiro atoms. The molecule has 0 saturated carbocycles. The number of alkyl halides is 1. The van der Waals surface area contributed by atoms with Gasteiger partial charge in [-0.3, -0.25) is 0 Å². The van der Waals surface area contributed by atoms with Crippen LogP contribution in [0.2, 0.25) is 0 Å². The van der Waals surface area contributed by atoms with Crippen LogP contribution in [0.25, 0.3) is 5.57 Å². The smallest absolute Gasteiger partial charge is 0.124 e. The highest BCUT2D eigenvalue weighted by atomic mass is 79.9. The molecule has 0 radical (unpaired) electrons. The van der Waals surface area contributed by atoms with Crippen LogP contribution in [-0.4, -0.2) is 11.0 Å². The van der Waals surface area contributed by atoms with Gasteiger partial charge in [-0.15, -0.1) is 11.6 Å². The highest BCUT2D eigenvalue weighted by molar-refractivity contribution is 9.10. The van der Waals surface area contributed by atoms with Crippen molar-refractivity contribution in [2.24, 2.45) is 0 Å². The number of halogens is 2. The lowest BCUT2D eigenvalue weighted by molar-refractivity contribution is 0.473. The first-order chi connectivity index (χ1) is 5.65. The predicted molar refractivity (Wildman–Crippen MR) is 55.6 cm³/mol. The lowest BCUT2D eigenvalue weighted by Crippen LogP contribution is -1.84. The molecule has 3 heteroatoms. The molecule has 0 fully saturated rings. The summed E-state index contributed by atoms with van der Waals surface area (Å²) in [7, 11) is 0. The normalized spacial score (nSPS) is 9.83. The molecule has 0 atom stereocenters. The zero-order valence-electron chi connectivity index (χ0n) is 6.35. The third kappa shape index (κ3) is 2.02. The number of allylic oxidation sites excluding steroid dienone is 1. The minimum Gasteiger partial charge on any atom is -0.507 e. The van der Waals surface area contributed by atoms with E-state index in [-0.39, 0.29) is 5.75 Å². The third-order valence-corrected chi connectivity index (χ3v) is 2.32. The van der Waals surface area contributed by atoms with E-state index in [9.17, 15) is 5.11 Å². The van der Waals surface area contributed by atoms with Crippen molar-refractivity contribution in [3.05, 3.63) is 34.8 Å². The Balaban J connectivity index is 3.09. The van der Waals surface area contributed by atoms with Gasteiger partial charge in [-0.25, -0.2) is 0 Å². The molecule has 0 unspecified atom stereocenters. The molecule has 1 aromatic carbocycles. The van der Waals surface area contributed by atoms with Crippen LogP contribution >= 0.6 is 27.5 Å². The van der Waals surface area contributed by atoms with Crippen molar-refractivity contribution in [1.82, 2.24) is 0 Å². The fraction of sp³-hybridized carbons (Fsp3) is 0.111. The molecular formula is C9H8BrClO. The number of hydrogen-bond acceptors (Lipinski definition) is 1. The van der Waals surface area contributed by atoms with E-state index in [1.165, 1.54) is 0 Å². The molecule has 0 aliphatic heterocycles. The lowest BCUT2D eigenvalue weighted by Gasteiger charge is -2.04. The largest absolute Gasteiger partial charge is 0.507 e. The number of aromatic hydroxyl groups is 1. The Morgan fingerprint density at radius 3 is 2.75 bits per heavy atom. The molecule has 0 aromatic heterocycles. The number of hydrogen-bond donors (Lipinski definition) is 1. The first-order valence-electron chi connectivity index (χ1n) is 3.37. The van der Waals surface area contributed by atoms with Crippen molar-refractivity contribution in [3.8, 4) is 5.75 Å². The number of rotatable bonds is 2. The van der Waals surface area contributed by atoms with Gasteiger partial charge in [0.25, 0.3) is 0 Å². The first-order valence-corrected chi connectivity index (χ1v) is 4.70. The van der Waals surface area contributed by atoms with Crippen LogP contribution < -0.4 is 0 Å². The van der Waals surface area contributed by atoms with Gasteiger partial charge in [0.15, 0.2) is 0 Å². The van der Waals surface area contributed by atoms with E-state index in [0.717, 1.165) is 10.0 Å². The van der Waals surface area contributed by atoms with Crippen LogP contribution in [0.15, 0.2) is 29.3 Å². The topological polar surface area (TPSA) is 20.2 Å². The standard InChI is InChI=1S/C9H8BrClO/c1-6(5-11)8-3-2-7(10)4-9(8)12/h2-4,12H,1,5H2. The van der Waals surface area contributed by atoms with E-state index in [4.69, 9.17) is 11.6 Å². The molecular weight excluding hydrogens is 239 g/mol. The molecule has 0 bridgehead atoms. The van der Waals surface area contributed by atoms with Gasteiger partial charge in [0, 0.05) is 15.9 Å². The zero-order valence-corrected chi connectivity index (χ0v) is 8.69. The summed E-state index contributed by atoms with van der Waals surface area (Å²) >= 11 is 8.82. The molecule has 0 aliphatic carbocycles. The van der Waals surface area contributed by atoms with Crippen molar-refractivity contribution < 1.29 is 5.11 Å². The lowest BCUT2D eigenvalue weighted by atomic mass is 10.1. The van der Waals surface area contributed by atoms with Crippen LogP contribution in [-0.2, 0) is 0 Å². The van der Waals surface area contributed by atoms with E-state index in [1.54, 1.807) is 12.1 Å². The van der Waals surface area contributed by atoms with Crippen LogP contribution in [0, 0.1) is 0 Å². The fourth-order valence-electron chi connectivity index (χ4n) is 0.876. The molecule has 0 amide bonds. The molecule has 1 nitrogen and oxygen atoms in total. The SMILES string of the molecule is C=C(CCl)c1ccc(Br)cc1O. The summed E-state index contributed by atoms with van der Waals surface area (Å²) in [6.45, 7) is 3.73. The summed E-state index contributed by atoms with van der Waals surface area (Å²) in [6.07, 6.45) is 0. The summed E-state index contributed by atoms with van der Waals surface area (Å²) in [5, 5.41) is 9.44. The Bertz CT molecular complexity index is 309.